The lowest BCUT2D eigenvalue weighted by Crippen LogP contribution is -2.42. The Labute approximate surface area is 236 Å². The fraction of sp³-hybridized carbons (Fsp3) is 0.323. The van der Waals surface area contributed by atoms with Crippen LogP contribution in [0.4, 0.5) is 4.39 Å². The van der Waals surface area contributed by atoms with Crippen LogP contribution in [0.5, 0.6) is 0 Å². The number of fused-ring (bicyclic) bond motifs is 1. The number of carboxylic acid groups (broad SMARTS) is 1. The van der Waals surface area contributed by atoms with Gasteiger partial charge in [-0.2, -0.15) is 11.8 Å². The van der Waals surface area contributed by atoms with E-state index in [0.717, 1.165) is 27.3 Å². The number of benzene rings is 3. The number of nitrogens with one attached hydrogen (secondary N) is 1. The minimum Gasteiger partial charge on any atom is -0.480 e. The van der Waals surface area contributed by atoms with Crippen molar-refractivity contribution in [3.8, 4) is 11.1 Å². The van der Waals surface area contributed by atoms with E-state index in [-0.39, 0.29) is 17.1 Å². The maximum atomic E-state index is 14.0. The summed E-state index contributed by atoms with van der Waals surface area (Å²) in [6, 6.07) is 20.5. The first-order valence-electron chi connectivity index (χ1n) is 12.9. The first kappa shape index (κ1) is 28.8. The molecule has 0 aliphatic rings. The lowest BCUT2D eigenvalue weighted by molar-refractivity contribution is -0.141. The summed E-state index contributed by atoms with van der Waals surface area (Å²) in [5, 5.41) is 13.1. The Morgan fingerprint density at radius 2 is 1.77 bits per heavy atom. The molecule has 0 saturated heterocycles. The van der Waals surface area contributed by atoms with Crippen molar-refractivity contribution in [1.82, 2.24) is 10.3 Å². The molecular weight excluding hydrogens is 531 g/mol. The maximum Gasteiger partial charge on any atom is 0.327 e. The van der Waals surface area contributed by atoms with Crippen LogP contribution in [0.2, 0.25) is 0 Å². The first-order chi connectivity index (χ1) is 18.6. The quantitative estimate of drug-likeness (QED) is 0.200. The van der Waals surface area contributed by atoms with Gasteiger partial charge in [0.25, 0.3) is 0 Å². The molecule has 39 heavy (non-hydrogen) atoms. The highest BCUT2D eigenvalue weighted by Crippen LogP contribution is 2.28. The van der Waals surface area contributed by atoms with Crippen LogP contribution < -0.4 is 5.32 Å². The minimum atomic E-state index is -1.02. The van der Waals surface area contributed by atoms with Crippen LogP contribution in [0.1, 0.15) is 49.7 Å². The molecule has 1 amide bonds. The summed E-state index contributed by atoms with van der Waals surface area (Å²) in [5.74, 6) is -0.521. The van der Waals surface area contributed by atoms with Gasteiger partial charge in [-0.15, -0.1) is 11.3 Å². The standard InChI is InChI=1S/C31H33FN2O3S2/c1-31(2,3)15-14-27(35)33-26(30(36)37)19-38-18-20-10-12-22(13-11-20)23-7-4-6-21(16-23)17-28-34-25-9-5-8-24(32)29(25)39-28/h4-13,16,26H,14-15,17-19H2,1-3H3,(H,33,35)(H,36,37). The van der Waals surface area contributed by atoms with Crippen LogP contribution >= 0.6 is 23.1 Å². The number of nitrogens with zero attached hydrogens (tertiary/aromatic N) is 1. The number of thiazole rings is 1. The SMILES string of the molecule is CC(C)(C)CCC(=O)NC(CSCc1ccc(-c2cccc(Cc3nc4cccc(F)c4s3)c2)cc1)C(=O)O. The zero-order valence-electron chi connectivity index (χ0n) is 22.4. The van der Waals surface area contributed by atoms with E-state index in [4.69, 9.17) is 0 Å². The molecule has 204 valence electrons. The van der Waals surface area contributed by atoms with Gasteiger partial charge in [0.2, 0.25) is 5.91 Å². The van der Waals surface area contributed by atoms with Gasteiger partial charge in [0.05, 0.1) is 15.2 Å². The van der Waals surface area contributed by atoms with Crippen molar-refractivity contribution in [1.29, 1.82) is 0 Å². The van der Waals surface area contributed by atoms with Gasteiger partial charge in [0.15, 0.2) is 0 Å². The summed E-state index contributed by atoms with van der Waals surface area (Å²) in [6.07, 6.45) is 1.66. The van der Waals surface area contributed by atoms with Crippen LogP contribution in [0.3, 0.4) is 0 Å². The number of carbonyl (C=O) groups excluding carboxylic acids is 1. The predicted octanol–water partition coefficient (Wildman–Crippen LogP) is 7.32. The van der Waals surface area contributed by atoms with Crippen molar-refractivity contribution in [3.63, 3.8) is 0 Å². The van der Waals surface area contributed by atoms with E-state index >= 15 is 0 Å². The monoisotopic (exact) mass is 564 g/mol. The van der Waals surface area contributed by atoms with Gasteiger partial charge in [0.1, 0.15) is 11.9 Å². The number of carboxylic acids is 1. The number of aromatic nitrogens is 1. The molecule has 0 aliphatic heterocycles. The van der Waals surface area contributed by atoms with Crippen LogP contribution in [-0.2, 0) is 21.8 Å². The van der Waals surface area contributed by atoms with E-state index in [0.29, 0.717) is 41.0 Å². The summed E-state index contributed by atoms with van der Waals surface area (Å²) in [4.78, 5) is 28.4. The molecule has 1 atom stereocenters. The fourth-order valence-electron chi connectivity index (χ4n) is 4.09. The largest absolute Gasteiger partial charge is 0.480 e. The van der Waals surface area contributed by atoms with E-state index < -0.39 is 12.0 Å². The zero-order valence-corrected chi connectivity index (χ0v) is 24.0. The molecule has 0 spiro atoms. The predicted molar refractivity (Wildman–Crippen MR) is 159 cm³/mol. The molecule has 8 heteroatoms. The Bertz CT molecular complexity index is 1440. The number of aliphatic carboxylic acids is 1. The number of hydrogen-bond acceptors (Lipinski definition) is 5. The summed E-state index contributed by atoms with van der Waals surface area (Å²) < 4.78 is 14.6. The van der Waals surface area contributed by atoms with Crippen LogP contribution in [-0.4, -0.2) is 33.8 Å². The molecule has 3 aromatic carbocycles. The molecule has 1 unspecified atom stereocenters. The van der Waals surface area contributed by atoms with Gasteiger partial charge in [-0.05, 0) is 46.2 Å². The molecule has 2 N–H and O–H groups in total. The summed E-state index contributed by atoms with van der Waals surface area (Å²) >= 11 is 2.88. The Hall–Kier alpha value is -3.23. The lowest BCUT2D eigenvalue weighted by Gasteiger charge is -2.19. The normalized spacial score (nSPS) is 12.4. The molecule has 1 heterocycles. The van der Waals surface area contributed by atoms with Gasteiger partial charge in [0, 0.05) is 24.3 Å². The second kappa shape index (κ2) is 12.7. The van der Waals surface area contributed by atoms with Crippen LogP contribution in [0.25, 0.3) is 21.3 Å². The topological polar surface area (TPSA) is 79.3 Å². The molecule has 4 rings (SSSR count). The van der Waals surface area contributed by atoms with Crippen molar-refractivity contribution in [2.75, 3.05) is 5.75 Å². The molecule has 4 aromatic rings. The van der Waals surface area contributed by atoms with E-state index in [1.54, 1.807) is 6.07 Å². The molecule has 0 aliphatic carbocycles. The maximum absolute atomic E-state index is 14.0. The van der Waals surface area contributed by atoms with Crippen molar-refractivity contribution in [2.45, 2.75) is 51.8 Å². The Morgan fingerprint density at radius 3 is 2.46 bits per heavy atom. The number of halogens is 1. The van der Waals surface area contributed by atoms with Crippen molar-refractivity contribution in [2.24, 2.45) is 5.41 Å². The minimum absolute atomic E-state index is 0.0232. The van der Waals surface area contributed by atoms with Crippen LogP contribution in [0.15, 0.2) is 66.7 Å². The number of thioether (sulfide) groups is 1. The Balaban J connectivity index is 1.32. The van der Waals surface area contributed by atoms with Gasteiger partial charge < -0.3 is 10.4 Å². The van der Waals surface area contributed by atoms with Gasteiger partial charge >= 0.3 is 5.97 Å². The van der Waals surface area contributed by atoms with E-state index in [1.807, 2.05) is 24.3 Å². The molecule has 0 saturated carbocycles. The first-order valence-corrected chi connectivity index (χ1v) is 14.9. The van der Waals surface area contributed by atoms with Crippen molar-refractivity contribution >= 4 is 45.2 Å². The fourth-order valence-corrected chi connectivity index (χ4v) is 6.10. The van der Waals surface area contributed by atoms with Gasteiger partial charge in [-0.1, -0.05) is 75.4 Å². The number of hydrogen-bond donors (Lipinski definition) is 2. The smallest absolute Gasteiger partial charge is 0.327 e. The summed E-state index contributed by atoms with van der Waals surface area (Å²) in [5.41, 5.74) is 5.07. The molecule has 0 fully saturated rings. The number of rotatable bonds is 11. The average Bonchev–Trinajstić information content (AvgIpc) is 3.31. The zero-order chi connectivity index (χ0) is 28.0. The molecule has 0 bridgehead atoms. The molecule has 5 nitrogen and oxygen atoms in total. The van der Waals surface area contributed by atoms with Gasteiger partial charge in [-0.25, -0.2) is 14.2 Å². The lowest BCUT2D eigenvalue weighted by atomic mass is 9.90. The molecule has 1 aromatic heterocycles. The Kier molecular flexibility index (Phi) is 9.40. The highest BCUT2D eigenvalue weighted by Gasteiger charge is 2.21. The summed E-state index contributed by atoms with van der Waals surface area (Å²) in [7, 11) is 0. The van der Waals surface area contributed by atoms with E-state index in [2.05, 4.69) is 61.4 Å². The average molecular weight is 565 g/mol. The molecule has 0 radical (unpaired) electrons. The van der Waals surface area contributed by atoms with Crippen molar-refractivity contribution < 1.29 is 19.1 Å². The third-order valence-electron chi connectivity index (χ3n) is 6.27. The number of amides is 1. The third-order valence-corrected chi connectivity index (χ3v) is 8.46. The second-order valence-corrected chi connectivity index (χ2v) is 12.9. The van der Waals surface area contributed by atoms with Gasteiger partial charge in [-0.3, -0.25) is 4.79 Å². The number of carbonyl (C=O) groups is 2. The summed E-state index contributed by atoms with van der Waals surface area (Å²) in [6.45, 7) is 6.17. The Morgan fingerprint density at radius 1 is 1.03 bits per heavy atom. The van der Waals surface area contributed by atoms with E-state index in [9.17, 15) is 19.1 Å². The van der Waals surface area contributed by atoms with Crippen molar-refractivity contribution in [3.05, 3.63) is 88.7 Å². The molecular formula is C31H33FN2O3S2. The third kappa shape index (κ3) is 8.38. The van der Waals surface area contributed by atoms with Crippen LogP contribution in [0, 0.1) is 11.2 Å². The highest BCUT2D eigenvalue weighted by molar-refractivity contribution is 7.98. The van der Waals surface area contributed by atoms with E-state index in [1.165, 1.54) is 29.2 Å². The highest BCUT2D eigenvalue weighted by atomic mass is 32.2. The second-order valence-electron chi connectivity index (χ2n) is 10.8.